The van der Waals surface area contributed by atoms with E-state index in [2.05, 4.69) is 225 Å². The third-order valence-electron chi connectivity index (χ3n) is 17.6. The van der Waals surface area contributed by atoms with E-state index >= 15 is 0 Å². The van der Waals surface area contributed by atoms with Gasteiger partial charge in [-0.2, -0.15) is 0 Å². The van der Waals surface area contributed by atoms with Gasteiger partial charge in [0.05, 0.1) is 0 Å². The molecule has 0 saturated carbocycles. The third-order valence-corrected chi connectivity index (χ3v) is 17.6. The lowest BCUT2D eigenvalue weighted by Crippen LogP contribution is -2.24. The van der Waals surface area contributed by atoms with E-state index in [4.69, 9.17) is 8.83 Å². The molecule has 0 aliphatic heterocycles. The first kappa shape index (κ1) is 40.3. The fourth-order valence-corrected chi connectivity index (χ4v) is 14.5. The molecule has 0 N–H and O–H groups in total. The summed E-state index contributed by atoms with van der Waals surface area (Å²) in [5.41, 5.74) is 28.8. The quantitative estimate of drug-likeness (QED) is 0.177. The number of anilines is 3. The van der Waals surface area contributed by atoms with E-state index < -0.39 is 0 Å². The SMILES string of the molecule is Cc1ccc(N(c2ccc3c(c2)C(C)(C)c2c4c(c5oc6ccccc6c5c2-3)-c2ccccc2C4(C)C)c2ccc3c(c2)C(C)(C)c2c4c(c5oc6ccccc6c5c2-3)-c2ccccc2C4(C)C)cc1. The maximum Gasteiger partial charge on any atom is 0.144 e. The minimum Gasteiger partial charge on any atom is -0.455 e. The van der Waals surface area contributed by atoms with Crippen LogP contribution in [0.2, 0.25) is 0 Å². The molecule has 0 fully saturated rings. The van der Waals surface area contributed by atoms with Gasteiger partial charge in [-0.25, -0.2) is 0 Å². The minimum absolute atomic E-state index is 0.222. The Morgan fingerprint density at radius 1 is 0.343 bits per heavy atom. The highest BCUT2D eigenvalue weighted by Crippen LogP contribution is 2.66. The van der Waals surface area contributed by atoms with Crippen molar-refractivity contribution < 1.29 is 8.83 Å². The van der Waals surface area contributed by atoms with Crippen LogP contribution in [0.15, 0.2) is 167 Å². The van der Waals surface area contributed by atoms with Crippen molar-refractivity contribution in [1.82, 2.24) is 0 Å². The molecule has 4 aliphatic rings. The molecule has 0 unspecified atom stereocenters. The molecule has 338 valence electrons. The second-order valence-electron chi connectivity index (χ2n) is 22.8. The van der Waals surface area contributed by atoms with Crippen LogP contribution in [0.5, 0.6) is 0 Å². The highest BCUT2D eigenvalue weighted by atomic mass is 16.3. The van der Waals surface area contributed by atoms with Gasteiger partial charge < -0.3 is 13.7 Å². The van der Waals surface area contributed by atoms with Gasteiger partial charge in [-0.15, -0.1) is 0 Å². The smallest absolute Gasteiger partial charge is 0.144 e. The lowest BCUT2D eigenvalue weighted by atomic mass is 9.72. The summed E-state index contributed by atoms with van der Waals surface area (Å²) < 4.78 is 14.0. The lowest BCUT2D eigenvalue weighted by Gasteiger charge is -2.32. The summed E-state index contributed by atoms with van der Waals surface area (Å²) in [6, 6.07) is 58.9. The van der Waals surface area contributed by atoms with E-state index in [1.54, 1.807) is 0 Å². The number of nitrogens with zero attached hydrogens (tertiary/aromatic N) is 1. The van der Waals surface area contributed by atoms with Gasteiger partial charge in [0.2, 0.25) is 0 Å². The normalized spacial score (nSPS) is 16.5. The number of hydrogen-bond donors (Lipinski definition) is 0. The Kier molecular flexibility index (Phi) is 7.46. The minimum atomic E-state index is -0.319. The number of benzene rings is 9. The van der Waals surface area contributed by atoms with Gasteiger partial charge >= 0.3 is 0 Å². The van der Waals surface area contributed by atoms with Gasteiger partial charge in [-0.3, -0.25) is 0 Å². The van der Waals surface area contributed by atoms with Crippen LogP contribution < -0.4 is 4.90 Å². The summed E-state index contributed by atoms with van der Waals surface area (Å²) in [4.78, 5) is 2.50. The fraction of sp³-hybridized carbons (Fsp3) is 0.194. The molecule has 11 aromatic rings. The molecule has 0 radical (unpaired) electrons. The average molecular weight is 904 g/mol. The molecular weight excluding hydrogens is 851 g/mol. The van der Waals surface area contributed by atoms with Gasteiger partial charge in [0, 0.05) is 71.4 Å². The van der Waals surface area contributed by atoms with Crippen molar-refractivity contribution in [2.45, 2.75) is 84.0 Å². The Morgan fingerprint density at radius 2 is 0.700 bits per heavy atom. The van der Waals surface area contributed by atoms with Gasteiger partial charge in [-0.05, 0) is 133 Å². The molecular formula is C67H53NO2. The van der Waals surface area contributed by atoms with Gasteiger partial charge in [0.15, 0.2) is 0 Å². The molecule has 70 heavy (non-hydrogen) atoms. The predicted molar refractivity (Wildman–Crippen MR) is 291 cm³/mol. The van der Waals surface area contributed by atoms with E-state index in [9.17, 15) is 0 Å². The fourth-order valence-electron chi connectivity index (χ4n) is 14.5. The summed E-state index contributed by atoms with van der Waals surface area (Å²) >= 11 is 0. The second-order valence-corrected chi connectivity index (χ2v) is 22.8. The Labute approximate surface area is 409 Å². The molecule has 4 aliphatic carbocycles. The highest BCUT2D eigenvalue weighted by Gasteiger charge is 2.51. The van der Waals surface area contributed by atoms with Crippen molar-refractivity contribution in [2.75, 3.05) is 4.90 Å². The first-order valence-electron chi connectivity index (χ1n) is 25.1. The van der Waals surface area contributed by atoms with Crippen LogP contribution in [0.4, 0.5) is 17.1 Å². The van der Waals surface area contributed by atoms with E-state index in [1.165, 1.54) is 116 Å². The molecule has 2 heterocycles. The molecule has 0 bridgehead atoms. The van der Waals surface area contributed by atoms with Crippen LogP contribution in [0.1, 0.15) is 105 Å². The van der Waals surface area contributed by atoms with Gasteiger partial charge in [-0.1, -0.05) is 170 Å². The molecule has 15 rings (SSSR count). The van der Waals surface area contributed by atoms with Crippen LogP contribution in [0.25, 0.3) is 88.4 Å². The van der Waals surface area contributed by atoms with Crippen LogP contribution in [-0.2, 0) is 21.7 Å². The zero-order valence-corrected chi connectivity index (χ0v) is 41.3. The molecule has 2 aromatic heterocycles. The zero-order valence-electron chi connectivity index (χ0n) is 41.3. The monoisotopic (exact) mass is 903 g/mol. The van der Waals surface area contributed by atoms with Crippen LogP contribution in [0.3, 0.4) is 0 Å². The number of aryl methyl sites for hydroxylation is 1. The van der Waals surface area contributed by atoms with Crippen molar-refractivity contribution in [3.05, 3.63) is 208 Å². The topological polar surface area (TPSA) is 29.5 Å². The molecule has 9 aromatic carbocycles. The number of para-hydroxylation sites is 2. The summed E-state index contributed by atoms with van der Waals surface area (Å²) in [7, 11) is 0. The molecule has 0 amide bonds. The Morgan fingerprint density at radius 3 is 1.16 bits per heavy atom. The van der Waals surface area contributed by atoms with Crippen molar-refractivity contribution in [3.8, 4) is 44.5 Å². The average Bonchev–Trinajstić information content (AvgIpc) is 4.15. The maximum absolute atomic E-state index is 7.00. The number of rotatable bonds is 3. The summed E-state index contributed by atoms with van der Waals surface area (Å²) in [6.07, 6.45) is 0. The van der Waals surface area contributed by atoms with Crippen LogP contribution in [-0.4, -0.2) is 0 Å². The standard InChI is InChI=1S/C67H53NO2/c1-36-26-28-37(29-27-36)68(38-30-32-42-48(34-38)66(6,7)58-52(42)54-44-20-12-16-24-50(44)69-62(54)56-40-18-10-14-22-46(40)64(2,3)60(56)58)39-31-33-43-49(35-39)67(8,9)59-53(43)55-45-21-13-17-25-51(45)70-63(55)57-41-19-11-15-23-47(41)65(4,5)61(57)59/h10-35H,1-9H3. The van der Waals surface area contributed by atoms with Gasteiger partial charge in [0.1, 0.15) is 22.3 Å². The highest BCUT2D eigenvalue weighted by molar-refractivity contribution is 6.22. The zero-order chi connectivity index (χ0) is 47.5. The molecule has 0 saturated heterocycles. The maximum atomic E-state index is 7.00. The third kappa shape index (κ3) is 4.72. The van der Waals surface area contributed by atoms with Crippen LogP contribution >= 0.6 is 0 Å². The van der Waals surface area contributed by atoms with Crippen molar-refractivity contribution >= 4 is 60.9 Å². The second kappa shape index (κ2) is 13.0. The number of furan rings is 2. The molecule has 0 spiro atoms. The van der Waals surface area contributed by atoms with Crippen molar-refractivity contribution in [1.29, 1.82) is 0 Å². The van der Waals surface area contributed by atoms with E-state index in [1.807, 2.05) is 0 Å². The Balaban J connectivity index is 0.964. The van der Waals surface area contributed by atoms with E-state index in [0.29, 0.717) is 0 Å². The number of fused-ring (bicyclic) bond motifs is 24. The van der Waals surface area contributed by atoms with Crippen LogP contribution in [0, 0.1) is 6.92 Å². The van der Waals surface area contributed by atoms with E-state index in [0.717, 1.165) is 39.4 Å². The molecule has 3 heteroatoms. The van der Waals surface area contributed by atoms with Crippen molar-refractivity contribution in [2.24, 2.45) is 0 Å². The Hall–Kier alpha value is -7.62. The predicted octanol–water partition coefficient (Wildman–Crippen LogP) is 18.5. The summed E-state index contributed by atoms with van der Waals surface area (Å²) in [5, 5.41) is 4.80. The Bertz CT molecular complexity index is 3940. The van der Waals surface area contributed by atoms with Crippen molar-refractivity contribution in [3.63, 3.8) is 0 Å². The molecule has 0 atom stereocenters. The largest absolute Gasteiger partial charge is 0.455 e. The summed E-state index contributed by atoms with van der Waals surface area (Å²) in [6.45, 7) is 21.7. The summed E-state index contributed by atoms with van der Waals surface area (Å²) in [5.74, 6) is 0. The first-order chi connectivity index (χ1) is 33.7. The van der Waals surface area contributed by atoms with Gasteiger partial charge in [0.25, 0.3) is 0 Å². The first-order valence-corrected chi connectivity index (χ1v) is 25.1. The number of hydrogen-bond acceptors (Lipinski definition) is 3. The molecule has 3 nitrogen and oxygen atoms in total. The lowest BCUT2D eigenvalue weighted by molar-refractivity contribution is 0.600. The van der Waals surface area contributed by atoms with E-state index in [-0.39, 0.29) is 21.7 Å².